The van der Waals surface area contributed by atoms with E-state index < -0.39 is 5.97 Å². The molecule has 0 unspecified atom stereocenters. The van der Waals surface area contributed by atoms with Gasteiger partial charge in [-0.3, -0.25) is 4.79 Å². The van der Waals surface area contributed by atoms with E-state index in [4.69, 9.17) is 9.52 Å². The fourth-order valence-electron chi connectivity index (χ4n) is 2.42. The summed E-state index contributed by atoms with van der Waals surface area (Å²) in [6.45, 7) is 1.92. The first-order valence-corrected chi connectivity index (χ1v) is 5.79. The number of carboxylic acid groups (broad SMARTS) is 1. The molecular formula is C12H17NO3. The maximum atomic E-state index is 10.6. The van der Waals surface area contributed by atoms with Crippen molar-refractivity contribution in [2.45, 2.75) is 44.9 Å². The predicted octanol–water partition coefficient (Wildman–Crippen LogP) is 2.73. The molecule has 4 heteroatoms. The van der Waals surface area contributed by atoms with Crippen LogP contribution in [-0.4, -0.2) is 16.1 Å². The Morgan fingerprint density at radius 3 is 2.69 bits per heavy atom. The van der Waals surface area contributed by atoms with Crippen molar-refractivity contribution in [3.8, 4) is 0 Å². The summed E-state index contributed by atoms with van der Waals surface area (Å²) >= 11 is 0. The second kappa shape index (κ2) is 4.68. The lowest BCUT2D eigenvalue weighted by Crippen LogP contribution is -2.16. The number of hydrogen-bond donors (Lipinski definition) is 1. The van der Waals surface area contributed by atoms with Crippen molar-refractivity contribution in [2.24, 2.45) is 5.92 Å². The molecule has 0 saturated heterocycles. The first kappa shape index (κ1) is 11.2. The summed E-state index contributed by atoms with van der Waals surface area (Å²) in [6.07, 6.45) is 5.92. The Morgan fingerprint density at radius 2 is 2.19 bits per heavy atom. The van der Waals surface area contributed by atoms with Gasteiger partial charge in [0.05, 0.1) is 5.69 Å². The van der Waals surface area contributed by atoms with Crippen molar-refractivity contribution < 1.29 is 14.3 Å². The molecule has 4 nitrogen and oxygen atoms in total. The van der Waals surface area contributed by atoms with Crippen LogP contribution in [-0.2, 0) is 4.79 Å². The van der Waals surface area contributed by atoms with Crippen LogP contribution in [0.4, 0.5) is 0 Å². The Balaban J connectivity index is 1.87. The van der Waals surface area contributed by atoms with Gasteiger partial charge in [0, 0.05) is 12.3 Å². The van der Waals surface area contributed by atoms with E-state index in [1.807, 2.05) is 6.92 Å². The third kappa shape index (κ3) is 2.62. The molecule has 0 atom stereocenters. The fraction of sp³-hybridized carbons (Fsp3) is 0.667. The largest absolute Gasteiger partial charge is 0.481 e. The molecule has 1 saturated carbocycles. The molecule has 16 heavy (non-hydrogen) atoms. The van der Waals surface area contributed by atoms with Crippen LogP contribution < -0.4 is 0 Å². The molecule has 1 aromatic rings. The average molecular weight is 223 g/mol. The molecule has 0 aliphatic heterocycles. The minimum absolute atomic E-state index is 0.303. The van der Waals surface area contributed by atoms with E-state index in [-0.39, 0.29) is 0 Å². The fourth-order valence-corrected chi connectivity index (χ4v) is 2.42. The monoisotopic (exact) mass is 223 g/mol. The molecule has 1 fully saturated rings. The van der Waals surface area contributed by atoms with Gasteiger partial charge in [0.25, 0.3) is 0 Å². The van der Waals surface area contributed by atoms with E-state index >= 15 is 0 Å². The molecular weight excluding hydrogens is 206 g/mol. The van der Waals surface area contributed by atoms with Crippen molar-refractivity contribution in [2.75, 3.05) is 0 Å². The van der Waals surface area contributed by atoms with Crippen molar-refractivity contribution in [1.29, 1.82) is 0 Å². The van der Waals surface area contributed by atoms with E-state index in [0.29, 0.717) is 18.3 Å². The van der Waals surface area contributed by atoms with Crippen LogP contribution in [0.25, 0.3) is 0 Å². The normalized spacial score (nSPS) is 25.6. The Hall–Kier alpha value is -1.32. The van der Waals surface area contributed by atoms with Gasteiger partial charge >= 0.3 is 5.97 Å². The van der Waals surface area contributed by atoms with Gasteiger partial charge in [-0.05, 0) is 38.5 Å². The van der Waals surface area contributed by atoms with Crippen LogP contribution >= 0.6 is 0 Å². The number of carbonyl (C=O) groups is 1. The highest BCUT2D eigenvalue weighted by Gasteiger charge is 2.26. The quantitative estimate of drug-likeness (QED) is 0.855. The second-order valence-corrected chi connectivity index (χ2v) is 4.64. The molecule has 0 aromatic carbocycles. The van der Waals surface area contributed by atoms with Crippen LogP contribution in [0.1, 0.15) is 49.6 Å². The number of carboxylic acids is 1. The highest BCUT2D eigenvalue weighted by atomic mass is 16.4. The van der Waals surface area contributed by atoms with Crippen molar-refractivity contribution in [1.82, 2.24) is 4.98 Å². The molecule has 1 aliphatic carbocycles. The molecule has 0 radical (unpaired) electrons. The Morgan fingerprint density at radius 1 is 1.50 bits per heavy atom. The van der Waals surface area contributed by atoms with Gasteiger partial charge in [0.15, 0.2) is 5.89 Å². The van der Waals surface area contributed by atoms with Gasteiger partial charge in [0.1, 0.15) is 6.26 Å². The number of rotatable bonds is 3. The number of aromatic nitrogens is 1. The number of oxazole rings is 1. The van der Waals surface area contributed by atoms with Crippen molar-refractivity contribution >= 4 is 5.97 Å². The van der Waals surface area contributed by atoms with E-state index in [1.165, 1.54) is 0 Å². The van der Waals surface area contributed by atoms with Gasteiger partial charge in [0.2, 0.25) is 0 Å². The molecule has 1 aliphatic rings. The average Bonchev–Trinajstić information content (AvgIpc) is 2.65. The lowest BCUT2D eigenvalue weighted by atomic mass is 9.80. The lowest BCUT2D eigenvalue weighted by molar-refractivity contribution is -0.138. The third-order valence-corrected chi connectivity index (χ3v) is 3.30. The molecule has 88 valence electrons. The SMILES string of the molecule is Cc1coc(C2CCC(CC(=O)O)CC2)n1. The Bertz CT molecular complexity index is 364. The van der Waals surface area contributed by atoms with Gasteiger partial charge in [-0.2, -0.15) is 0 Å². The van der Waals surface area contributed by atoms with Crippen LogP contribution in [0.5, 0.6) is 0 Å². The maximum Gasteiger partial charge on any atom is 0.303 e. The van der Waals surface area contributed by atoms with Crippen LogP contribution in [0.15, 0.2) is 10.7 Å². The number of nitrogens with zero attached hydrogens (tertiary/aromatic N) is 1. The molecule has 2 rings (SSSR count). The number of hydrogen-bond acceptors (Lipinski definition) is 3. The summed E-state index contributed by atoms with van der Waals surface area (Å²) in [7, 11) is 0. The number of aryl methyl sites for hydroxylation is 1. The van der Waals surface area contributed by atoms with Crippen LogP contribution in [0, 0.1) is 12.8 Å². The highest BCUT2D eigenvalue weighted by Crippen LogP contribution is 2.36. The molecule has 0 bridgehead atoms. The van der Waals surface area contributed by atoms with Crippen molar-refractivity contribution in [3.05, 3.63) is 17.8 Å². The smallest absolute Gasteiger partial charge is 0.303 e. The highest BCUT2D eigenvalue weighted by molar-refractivity contribution is 5.67. The lowest BCUT2D eigenvalue weighted by Gasteiger charge is -2.25. The van der Waals surface area contributed by atoms with Gasteiger partial charge in [-0.1, -0.05) is 0 Å². The zero-order chi connectivity index (χ0) is 11.5. The van der Waals surface area contributed by atoms with E-state index in [2.05, 4.69) is 4.98 Å². The van der Waals surface area contributed by atoms with Gasteiger partial charge in [-0.25, -0.2) is 4.98 Å². The first-order valence-electron chi connectivity index (χ1n) is 5.79. The van der Waals surface area contributed by atoms with Crippen LogP contribution in [0.3, 0.4) is 0 Å². The zero-order valence-electron chi connectivity index (χ0n) is 9.48. The first-order chi connectivity index (χ1) is 7.65. The summed E-state index contributed by atoms with van der Waals surface area (Å²) in [6, 6.07) is 0. The molecule has 1 heterocycles. The van der Waals surface area contributed by atoms with Gasteiger partial charge < -0.3 is 9.52 Å². The summed E-state index contributed by atoms with van der Waals surface area (Å²) in [5, 5.41) is 8.72. The van der Waals surface area contributed by atoms with Crippen molar-refractivity contribution in [3.63, 3.8) is 0 Å². The zero-order valence-corrected chi connectivity index (χ0v) is 9.48. The van der Waals surface area contributed by atoms with Crippen LogP contribution in [0.2, 0.25) is 0 Å². The topological polar surface area (TPSA) is 63.3 Å². The predicted molar refractivity (Wildman–Crippen MR) is 58.2 cm³/mol. The molecule has 0 amide bonds. The molecule has 1 aromatic heterocycles. The molecule has 0 spiro atoms. The minimum atomic E-state index is -0.685. The van der Waals surface area contributed by atoms with Gasteiger partial charge in [-0.15, -0.1) is 0 Å². The standard InChI is InChI=1S/C12H17NO3/c1-8-7-16-12(13-8)10-4-2-9(3-5-10)6-11(14)15/h7,9-10H,2-6H2,1H3,(H,14,15). The summed E-state index contributed by atoms with van der Waals surface area (Å²) in [5.74, 6) is 0.866. The second-order valence-electron chi connectivity index (χ2n) is 4.64. The maximum absolute atomic E-state index is 10.6. The summed E-state index contributed by atoms with van der Waals surface area (Å²) < 4.78 is 5.39. The van der Waals surface area contributed by atoms with E-state index in [9.17, 15) is 4.79 Å². The Kier molecular flexibility index (Phi) is 3.27. The van der Waals surface area contributed by atoms with E-state index in [0.717, 1.165) is 37.3 Å². The molecule has 1 N–H and O–H groups in total. The third-order valence-electron chi connectivity index (χ3n) is 3.30. The summed E-state index contributed by atoms with van der Waals surface area (Å²) in [5.41, 5.74) is 0.919. The number of aliphatic carboxylic acids is 1. The minimum Gasteiger partial charge on any atom is -0.481 e. The summed E-state index contributed by atoms with van der Waals surface area (Å²) in [4.78, 5) is 14.9. The van der Waals surface area contributed by atoms with E-state index in [1.54, 1.807) is 6.26 Å². The Labute approximate surface area is 94.7 Å².